The molecule has 3 rings (SSSR count). The summed E-state index contributed by atoms with van der Waals surface area (Å²) in [5.74, 6) is -0.614. The summed E-state index contributed by atoms with van der Waals surface area (Å²) in [5.41, 5.74) is 0.870. The molecule has 0 spiro atoms. The van der Waals surface area contributed by atoms with Crippen molar-refractivity contribution >= 4 is 17.5 Å². The molecule has 1 amide bonds. The molecule has 7 heteroatoms. The molecule has 1 aliphatic carbocycles. The van der Waals surface area contributed by atoms with Crippen molar-refractivity contribution in [1.82, 2.24) is 15.3 Å². The number of benzene rings is 1. The molecule has 0 atom stereocenters. The largest absolute Gasteiger partial charge is 0.460 e. The van der Waals surface area contributed by atoms with Gasteiger partial charge in [-0.3, -0.25) is 4.79 Å². The molecule has 132 valence electrons. The van der Waals surface area contributed by atoms with Gasteiger partial charge in [-0.05, 0) is 50.3 Å². The number of nitrogens with zero attached hydrogens (tertiary/aromatic N) is 2. The molecule has 1 aromatic heterocycles. The Hall–Kier alpha value is -2.21. The highest BCUT2D eigenvalue weighted by Gasteiger charge is 2.24. The Morgan fingerprint density at radius 2 is 1.92 bits per heavy atom. The van der Waals surface area contributed by atoms with Crippen LogP contribution in [-0.4, -0.2) is 28.0 Å². The molecule has 0 radical (unpaired) electrons. The van der Waals surface area contributed by atoms with Gasteiger partial charge in [0, 0.05) is 11.6 Å². The number of ether oxygens (including phenoxy) is 1. The van der Waals surface area contributed by atoms with Crippen molar-refractivity contribution in [2.75, 3.05) is 0 Å². The normalized spacial score (nSPS) is 20.1. The van der Waals surface area contributed by atoms with Crippen LogP contribution in [0.2, 0.25) is 5.02 Å². The quantitative estimate of drug-likeness (QED) is 0.899. The summed E-state index contributed by atoms with van der Waals surface area (Å²) in [6.07, 6.45) is 6.17. The average molecular weight is 364 g/mol. The van der Waals surface area contributed by atoms with Crippen LogP contribution in [0.4, 0.5) is 4.39 Å². The van der Waals surface area contributed by atoms with E-state index in [4.69, 9.17) is 16.3 Å². The first-order chi connectivity index (χ1) is 12.0. The Labute approximate surface area is 150 Å². The smallest absolute Gasteiger partial charge is 0.316 e. The van der Waals surface area contributed by atoms with Crippen LogP contribution in [-0.2, 0) is 0 Å². The van der Waals surface area contributed by atoms with E-state index >= 15 is 0 Å². The molecular formula is C18H19ClFN3O2. The van der Waals surface area contributed by atoms with E-state index in [1.807, 2.05) is 0 Å². The second-order valence-electron chi connectivity index (χ2n) is 6.21. The zero-order valence-electron chi connectivity index (χ0n) is 13.8. The number of nitrogens with one attached hydrogen (secondary N) is 1. The third-order valence-corrected chi connectivity index (χ3v) is 4.51. The molecule has 1 aromatic carbocycles. The van der Waals surface area contributed by atoms with Crippen molar-refractivity contribution in [2.24, 2.45) is 0 Å². The van der Waals surface area contributed by atoms with E-state index in [1.54, 1.807) is 19.1 Å². The summed E-state index contributed by atoms with van der Waals surface area (Å²) in [7, 11) is 0. The van der Waals surface area contributed by atoms with Gasteiger partial charge >= 0.3 is 6.01 Å². The van der Waals surface area contributed by atoms with Gasteiger partial charge in [-0.1, -0.05) is 17.7 Å². The number of aromatic nitrogens is 2. The predicted molar refractivity (Wildman–Crippen MR) is 92.3 cm³/mol. The molecular weight excluding hydrogens is 345 g/mol. The highest BCUT2D eigenvalue weighted by atomic mass is 35.5. The monoisotopic (exact) mass is 363 g/mol. The number of rotatable bonds is 4. The maximum Gasteiger partial charge on any atom is 0.316 e. The number of aryl methyl sites for hydroxylation is 1. The van der Waals surface area contributed by atoms with Gasteiger partial charge in [0.2, 0.25) is 0 Å². The zero-order valence-corrected chi connectivity index (χ0v) is 14.6. The Kier molecular flexibility index (Phi) is 5.48. The van der Waals surface area contributed by atoms with Crippen LogP contribution in [0, 0.1) is 12.7 Å². The van der Waals surface area contributed by atoms with Crippen molar-refractivity contribution in [3.63, 3.8) is 0 Å². The fourth-order valence-corrected chi connectivity index (χ4v) is 2.94. The SMILES string of the molecule is Cc1ccc(C(=O)NC2CCC(Oc3ncc(Cl)cn3)CC2)cc1F. The standard InChI is InChI=1S/C18H19ClFN3O2/c1-11-2-3-12(8-16(11)20)17(24)23-14-4-6-15(7-5-14)25-18-21-9-13(19)10-22-18/h2-3,8-10,14-15H,4-7H2,1H3,(H,23,24). The van der Waals surface area contributed by atoms with Crippen LogP contribution >= 0.6 is 11.6 Å². The molecule has 0 saturated heterocycles. The van der Waals surface area contributed by atoms with Crippen LogP contribution in [0.5, 0.6) is 6.01 Å². The fraction of sp³-hybridized carbons (Fsp3) is 0.389. The van der Waals surface area contributed by atoms with E-state index in [-0.39, 0.29) is 23.9 Å². The molecule has 5 nitrogen and oxygen atoms in total. The molecule has 1 N–H and O–H groups in total. The molecule has 1 heterocycles. The summed E-state index contributed by atoms with van der Waals surface area (Å²) >= 11 is 5.75. The van der Waals surface area contributed by atoms with Crippen LogP contribution in [0.15, 0.2) is 30.6 Å². The number of carbonyl (C=O) groups excluding carboxylic acids is 1. The highest BCUT2D eigenvalue weighted by molar-refractivity contribution is 6.30. The summed E-state index contributed by atoms with van der Waals surface area (Å²) in [6.45, 7) is 1.67. The minimum absolute atomic E-state index is 0.0196. The van der Waals surface area contributed by atoms with Gasteiger partial charge in [-0.15, -0.1) is 0 Å². The lowest BCUT2D eigenvalue weighted by molar-refractivity contribution is 0.0884. The molecule has 0 bridgehead atoms. The minimum Gasteiger partial charge on any atom is -0.460 e. The van der Waals surface area contributed by atoms with Gasteiger partial charge in [0.05, 0.1) is 17.4 Å². The van der Waals surface area contributed by atoms with Gasteiger partial charge < -0.3 is 10.1 Å². The Balaban J connectivity index is 1.49. The summed E-state index contributed by atoms with van der Waals surface area (Å²) in [6, 6.07) is 4.90. The number of hydrogen-bond acceptors (Lipinski definition) is 4. The van der Waals surface area contributed by atoms with E-state index in [1.165, 1.54) is 18.5 Å². The molecule has 1 aliphatic rings. The number of halogens is 2. The lowest BCUT2D eigenvalue weighted by atomic mass is 9.92. The van der Waals surface area contributed by atoms with Gasteiger partial charge in [0.1, 0.15) is 11.9 Å². The first-order valence-electron chi connectivity index (χ1n) is 8.22. The van der Waals surface area contributed by atoms with Crippen LogP contribution in [0.25, 0.3) is 0 Å². The van der Waals surface area contributed by atoms with E-state index in [9.17, 15) is 9.18 Å². The third-order valence-electron chi connectivity index (χ3n) is 4.31. The van der Waals surface area contributed by atoms with Gasteiger partial charge in [0.25, 0.3) is 5.91 Å². The molecule has 0 aliphatic heterocycles. The van der Waals surface area contributed by atoms with Crippen molar-refractivity contribution in [3.05, 3.63) is 52.6 Å². The molecule has 2 aromatic rings. The Morgan fingerprint density at radius 1 is 1.24 bits per heavy atom. The van der Waals surface area contributed by atoms with Crippen molar-refractivity contribution in [2.45, 2.75) is 44.8 Å². The molecule has 1 fully saturated rings. The maximum atomic E-state index is 13.6. The average Bonchev–Trinajstić information content (AvgIpc) is 2.61. The first-order valence-corrected chi connectivity index (χ1v) is 8.60. The topological polar surface area (TPSA) is 64.1 Å². The van der Waals surface area contributed by atoms with Crippen molar-refractivity contribution < 1.29 is 13.9 Å². The zero-order chi connectivity index (χ0) is 17.8. The van der Waals surface area contributed by atoms with Crippen LogP contribution in [0.1, 0.15) is 41.6 Å². The lowest BCUT2D eigenvalue weighted by Crippen LogP contribution is -2.39. The Bertz CT molecular complexity index is 746. The Morgan fingerprint density at radius 3 is 2.56 bits per heavy atom. The summed E-state index contributed by atoms with van der Waals surface area (Å²) in [5, 5.41) is 3.43. The summed E-state index contributed by atoms with van der Waals surface area (Å²) < 4.78 is 19.3. The van der Waals surface area contributed by atoms with Crippen LogP contribution in [0.3, 0.4) is 0 Å². The summed E-state index contributed by atoms with van der Waals surface area (Å²) in [4.78, 5) is 20.3. The van der Waals surface area contributed by atoms with Gasteiger partial charge in [0.15, 0.2) is 0 Å². The fourth-order valence-electron chi connectivity index (χ4n) is 2.84. The van der Waals surface area contributed by atoms with Gasteiger partial charge in [-0.2, -0.15) is 0 Å². The van der Waals surface area contributed by atoms with Crippen LogP contribution < -0.4 is 10.1 Å². The van der Waals surface area contributed by atoms with Crippen molar-refractivity contribution in [1.29, 1.82) is 0 Å². The predicted octanol–water partition coefficient (Wildman–Crippen LogP) is 3.70. The minimum atomic E-state index is -0.368. The first kappa shape index (κ1) is 17.6. The molecule has 25 heavy (non-hydrogen) atoms. The number of carbonyl (C=O) groups is 1. The van der Waals surface area contributed by atoms with E-state index in [0.29, 0.717) is 22.2 Å². The van der Waals surface area contributed by atoms with E-state index < -0.39 is 0 Å². The maximum absolute atomic E-state index is 13.6. The van der Waals surface area contributed by atoms with E-state index in [0.717, 1.165) is 25.7 Å². The third kappa shape index (κ3) is 4.66. The second kappa shape index (κ2) is 7.78. The van der Waals surface area contributed by atoms with E-state index in [2.05, 4.69) is 15.3 Å². The molecule has 1 saturated carbocycles. The number of hydrogen-bond donors (Lipinski definition) is 1. The molecule has 0 unspecified atom stereocenters. The highest BCUT2D eigenvalue weighted by Crippen LogP contribution is 2.23. The van der Waals surface area contributed by atoms with Crippen molar-refractivity contribution in [3.8, 4) is 6.01 Å². The lowest BCUT2D eigenvalue weighted by Gasteiger charge is -2.28. The number of amides is 1. The van der Waals surface area contributed by atoms with Gasteiger partial charge in [-0.25, -0.2) is 14.4 Å². The second-order valence-corrected chi connectivity index (χ2v) is 6.65.